The van der Waals surface area contributed by atoms with E-state index in [0.717, 1.165) is 37.8 Å². The van der Waals surface area contributed by atoms with Gasteiger partial charge in [0.15, 0.2) is 0 Å². The molecule has 1 saturated heterocycles. The number of hydrogen-bond acceptors (Lipinski definition) is 2. The normalized spacial score (nSPS) is 19.2. The smallest absolute Gasteiger partial charge is 0.236 e. The Morgan fingerprint density at radius 1 is 1.50 bits per heavy atom. The van der Waals surface area contributed by atoms with Crippen LogP contribution in [0.5, 0.6) is 0 Å². The zero-order valence-corrected chi connectivity index (χ0v) is 10.4. The number of amides is 1. The molecule has 1 aliphatic heterocycles. The van der Waals surface area contributed by atoms with Gasteiger partial charge in [0.2, 0.25) is 5.91 Å². The van der Waals surface area contributed by atoms with Gasteiger partial charge in [-0.1, -0.05) is 26.7 Å². The van der Waals surface area contributed by atoms with Gasteiger partial charge in [0.05, 0.1) is 6.07 Å². The molecule has 16 heavy (non-hydrogen) atoms. The summed E-state index contributed by atoms with van der Waals surface area (Å²) in [6, 6.07) is 1.93. The van der Waals surface area contributed by atoms with Gasteiger partial charge in [0.25, 0.3) is 0 Å². The first-order chi connectivity index (χ1) is 7.69. The summed E-state index contributed by atoms with van der Waals surface area (Å²) in [7, 11) is 0. The molecular weight excluding hydrogens is 200 g/mol. The highest BCUT2D eigenvalue weighted by atomic mass is 16.2. The molecule has 0 N–H and O–H groups in total. The predicted octanol–water partition coefficient (Wildman–Crippen LogP) is 2.57. The fraction of sp³-hybridized carbons (Fsp3) is 0.846. The van der Waals surface area contributed by atoms with Crippen LogP contribution >= 0.6 is 0 Å². The van der Waals surface area contributed by atoms with Crippen LogP contribution in [0.25, 0.3) is 0 Å². The number of hydrogen-bond donors (Lipinski definition) is 0. The number of nitriles is 1. The molecule has 1 fully saturated rings. The summed E-state index contributed by atoms with van der Waals surface area (Å²) in [6.07, 6.45) is 4.79. The minimum atomic E-state index is 0.00379. The highest BCUT2D eigenvalue weighted by Gasteiger charge is 2.25. The standard InChI is InChI=1S/C13H22N2O/c1-3-4-11(2)12-6-9-15(10-7-12)13(16)5-8-14/h11-12H,3-7,9-10H2,1-2H3. The van der Waals surface area contributed by atoms with Crippen molar-refractivity contribution in [2.75, 3.05) is 13.1 Å². The highest BCUT2D eigenvalue weighted by molar-refractivity contribution is 5.78. The van der Waals surface area contributed by atoms with E-state index >= 15 is 0 Å². The van der Waals surface area contributed by atoms with E-state index in [4.69, 9.17) is 5.26 Å². The molecule has 1 amide bonds. The lowest BCUT2D eigenvalue weighted by atomic mass is 9.83. The molecule has 0 bridgehead atoms. The number of nitrogens with zero attached hydrogens (tertiary/aromatic N) is 2. The van der Waals surface area contributed by atoms with Crippen molar-refractivity contribution in [2.24, 2.45) is 11.8 Å². The Morgan fingerprint density at radius 2 is 2.12 bits per heavy atom. The predicted molar refractivity (Wildman–Crippen MR) is 63.6 cm³/mol. The molecule has 1 heterocycles. The average Bonchev–Trinajstić information content (AvgIpc) is 2.30. The van der Waals surface area contributed by atoms with Crippen LogP contribution in [0, 0.1) is 23.2 Å². The second kappa shape index (κ2) is 6.52. The summed E-state index contributed by atoms with van der Waals surface area (Å²) in [6.45, 7) is 6.24. The van der Waals surface area contributed by atoms with Crippen molar-refractivity contribution in [1.29, 1.82) is 5.26 Å². The first kappa shape index (κ1) is 13.0. The summed E-state index contributed by atoms with van der Waals surface area (Å²) in [4.78, 5) is 13.3. The van der Waals surface area contributed by atoms with E-state index in [9.17, 15) is 4.79 Å². The molecule has 0 spiro atoms. The molecule has 0 radical (unpaired) electrons. The monoisotopic (exact) mass is 222 g/mol. The quantitative estimate of drug-likeness (QED) is 0.733. The number of carbonyl (C=O) groups excluding carboxylic acids is 1. The SMILES string of the molecule is CCCC(C)C1CCN(C(=O)CC#N)CC1. The van der Waals surface area contributed by atoms with Gasteiger partial charge < -0.3 is 4.90 Å². The number of rotatable bonds is 4. The lowest BCUT2D eigenvalue weighted by molar-refractivity contribution is -0.131. The molecule has 0 aromatic rings. The van der Waals surface area contributed by atoms with Gasteiger partial charge in [0.1, 0.15) is 6.42 Å². The Balaban J connectivity index is 2.34. The van der Waals surface area contributed by atoms with Crippen molar-refractivity contribution in [3.63, 3.8) is 0 Å². The van der Waals surface area contributed by atoms with Gasteiger partial charge in [-0.2, -0.15) is 5.26 Å². The highest BCUT2D eigenvalue weighted by Crippen LogP contribution is 2.27. The summed E-state index contributed by atoms with van der Waals surface area (Å²) >= 11 is 0. The molecule has 1 aliphatic rings. The molecule has 1 atom stereocenters. The van der Waals surface area contributed by atoms with Gasteiger partial charge in [-0.05, 0) is 24.7 Å². The molecular formula is C13H22N2O. The lowest BCUT2D eigenvalue weighted by Gasteiger charge is -2.34. The van der Waals surface area contributed by atoms with E-state index in [2.05, 4.69) is 13.8 Å². The summed E-state index contributed by atoms with van der Waals surface area (Å²) in [5.41, 5.74) is 0. The minimum Gasteiger partial charge on any atom is -0.342 e. The second-order valence-corrected chi connectivity index (χ2v) is 4.82. The molecule has 0 aromatic heterocycles. The average molecular weight is 222 g/mol. The number of likely N-dealkylation sites (tertiary alicyclic amines) is 1. The number of piperidine rings is 1. The van der Waals surface area contributed by atoms with Crippen molar-refractivity contribution in [2.45, 2.75) is 46.0 Å². The third-order valence-electron chi connectivity index (χ3n) is 3.67. The fourth-order valence-electron chi connectivity index (χ4n) is 2.59. The van der Waals surface area contributed by atoms with Gasteiger partial charge in [-0.25, -0.2) is 0 Å². The molecule has 3 heteroatoms. The van der Waals surface area contributed by atoms with Crippen LogP contribution < -0.4 is 0 Å². The minimum absolute atomic E-state index is 0.00379. The van der Waals surface area contributed by atoms with Crippen LogP contribution in [0.4, 0.5) is 0 Å². The molecule has 90 valence electrons. The van der Waals surface area contributed by atoms with E-state index in [1.165, 1.54) is 12.8 Å². The summed E-state index contributed by atoms with van der Waals surface area (Å²) < 4.78 is 0. The molecule has 1 unspecified atom stereocenters. The first-order valence-corrected chi connectivity index (χ1v) is 6.33. The van der Waals surface area contributed by atoms with E-state index in [-0.39, 0.29) is 12.3 Å². The molecule has 0 aromatic carbocycles. The molecule has 1 rings (SSSR count). The number of carbonyl (C=O) groups is 1. The van der Waals surface area contributed by atoms with E-state index < -0.39 is 0 Å². The molecule has 3 nitrogen and oxygen atoms in total. The van der Waals surface area contributed by atoms with Gasteiger partial charge in [0, 0.05) is 13.1 Å². The van der Waals surface area contributed by atoms with Crippen LogP contribution in [0.2, 0.25) is 0 Å². The Labute approximate surface area is 98.4 Å². The van der Waals surface area contributed by atoms with Crippen LogP contribution in [0.15, 0.2) is 0 Å². The zero-order valence-electron chi connectivity index (χ0n) is 10.4. The largest absolute Gasteiger partial charge is 0.342 e. The van der Waals surface area contributed by atoms with Crippen LogP contribution in [0.1, 0.15) is 46.0 Å². The van der Waals surface area contributed by atoms with E-state index in [1.807, 2.05) is 11.0 Å². The van der Waals surface area contributed by atoms with Crippen molar-refractivity contribution in [1.82, 2.24) is 4.90 Å². The Bertz CT molecular complexity index is 262. The van der Waals surface area contributed by atoms with Crippen molar-refractivity contribution >= 4 is 5.91 Å². The van der Waals surface area contributed by atoms with Crippen LogP contribution in [-0.4, -0.2) is 23.9 Å². The third kappa shape index (κ3) is 3.52. The van der Waals surface area contributed by atoms with Crippen molar-refractivity contribution in [3.05, 3.63) is 0 Å². The molecule has 0 saturated carbocycles. The zero-order chi connectivity index (χ0) is 12.0. The Morgan fingerprint density at radius 3 is 2.62 bits per heavy atom. The van der Waals surface area contributed by atoms with Crippen LogP contribution in [0.3, 0.4) is 0 Å². The maximum Gasteiger partial charge on any atom is 0.236 e. The summed E-state index contributed by atoms with van der Waals surface area (Å²) in [5.74, 6) is 1.55. The maximum atomic E-state index is 11.5. The summed E-state index contributed by atoms with van der Waals surface area (Å²) in [5, 5.41) is 8.48. The maximum absolute atomic E-state index is 11.5. The van der Waals surface area contributed by atoms with Crippen molar-refractivity contribution in [3.8, 4) is 6.07 Å². The topological polar surface area (TPSA) is 44.1 Å². The van der Waals surface area contributed by atoms with Gasteiger partial charge >= 0.3 is 0 Å². The Kier molecular flexibility index (Phi) is 5.31. The van der Waals surface area contributed by atoms with E-state index in [0.29, 0.717) is 0 Å². The van der Waals surface area contributed by atoms with Crippen LogP contribution in [-0.2, 0) is 4.79 Å². The van der Waals surface area contributed by atoms with Gasteiger partial charge in [-0.3, -0.25) is 4.79 Å². The van der Waals surface area contributed by atoms with E-state index in [1.54, 1.807) is 0 Å². The second-order valence-electron chi connectivity index (χ2n) is 4.82. The third-order valence-corrected chi connectivity index (χ3v) is 3.67. The Hall–Kier alpha value is -1.04. The molecule has 0 aliphatic carbocycles. The van der Waals surface area contributed by atoms with Crippen molar-refractivity contribution < 1.29 is 4.79 Å². The first-order valence-electron chi connectivity index (χ1n) is 6.33. The fourth-order valence-corrected chi connectivity index (χ4v) is 2.59. The lowest BCUT2D eigenvalue weighted by Crippen LogP contribution is -2.39. The van der Waals surface area contributed by atoms with Gasteiger partial charge in [-0.15, -0.1) is 0 Å².